The molecule has 24 heavy (non-hydrogen) atoms. The van der Waals surface area contributed by atoms with Gasteiger partial charge in [-0.2, -0.15) is 5.26 Å². The van der Waals surface area contributed by atoms with Gasteiger partial charge < -0.3 is 29.6 Å². The van der Waals surface area contributed by atoms with Gasteiger partial charge in [-0.3, -0.25) is 4.79 Å². The van der Waals surface area contributed by atoms with Crippen LogP contribution in [0.4, 0.5) is 5.69 Å². The molecule has 0 aliphatic heterocycles. The Labute approximate surface area is 140 Å². The Kier molecular flexibility index (Phi) is 8.11. The van der Waals surface area contributed by atoms with E-state index in [1.807, 2.05) is 6.07 Å². The summed E-state index contributed by atoms with van der Waals surface area (Å²) in [5.41, 5.74) is 0.292. The molecule has 2 N–H and O–H groups in total. The van der Waals surface area contributed by atoms with E-state index < -0.39 is 12.2 Å². The molecule has 130 valence electrons. The van der Waals surface area contributed by atoms with Crippen LogP contribution in [0.5, 0.6) is 11.5 Å². The van der Waals surface area contributed by atoms with Crippen molar-refractivity contribution in [2.75, 3.05) is 40.3 Å². The smallest absolute Gasteiger partial charge is 0.267 e. The van der Waals surface area contributed by atoms with Gasteiger partial charge in [0, 0.05) is 26.5 Å². The van der Waals surface area contributed by atoms with Crippen LogP contribution in [-0.4, -0.2) is 47.2 Å². The normalized spacial score (nSPS) is 10.9. The van der Waals surface area contributed by atoms with Crippen molar-refractivity contribution >= 4 is 11.6 Å². The van der Waals surface area contributed by atoms with Crippen molar-refractivity contribution in [3.63, 3.8) is 0 Å². The summed E-state index contributed by atoms with van der Waals surface area (Å²) in [6.45, 7) is 0.286. The lowest BCUT2D eigenvalue weighted by atomic mass is 10.2. The molecular formula is C16H21N3O5. The van der Waals surface area contributed by atoms with Gasteiger partial charge in [0.25, 0.3) is 5.91 Å². The van der Waals surface area contributed by atoms with Crippen molar-refractivity contribution in [2.45, 2.75) is 6.29 Å². The SMILES string of the molecule is COc1ccc(OC)c(NC(=O)/C(C#N)=C\NCC(OC)OC)c1. The number of hydrogen-bond acceptors (Lipinski definition) is 7. The molecule has 0 aromatic heterocycles. The minimum absolute atomic E-state index is 0.106. The van der Waals surface area contributed by atoms with Gasteiger partial charge in [-0.15, -0.1) is 0 Å². The second-order valence-corrected chi connectivity index (χ2v) is 4.50. The van der Waals surface area contributed by atoms with E-state index in [0.717, 1.165) is 0 Å². The third kappa shape index (κ3) is 5.46. The first-order chi connectivity index (χ1) is 11.6. The minimum Gasteiger partial charge on any atom is -0.497 e. The van der Waals surface area contributed by atoms with E-state index in [9.17, 15) is 4.79 Å². The van der Waals surface area contributed by atoms with E-state index in [-0.39, 0.29) is 12.1 Å². The summed E-state index contributed by atoms with van der Waals surface area (Å²) in [5, 5.41) is 14.6. The number of amides is 1. The zero-order valence-electron chi connectivity index (χ0n) is 14.1. The van der Waals surface area contributed by atoms with Crippen molar-refractivity contribution < 1.29 is 23.7 Å². The Morgan fingerprint density at radius 1 is 1.25 bits per heavy atom. The fourth-order valence-electron chi connectivity index (χ4n) is 1.77. The second kappa shape index (κ2) is 10.1. The zero-order valence-corrected chi connectivity index (χ0v) is 14.1. The molecular weight excluding hydrogens is 314 g/mol. The second-order valence-electron chi connectivity index (χ2n) is 4.50. The molecule has 8 nitrogen and oxygen atoms in total. The summed E-state index contributed by atoms with van der Waals surface area (Å²) >= 11 is 0. The maximum Gasteiger partial charge on any atom is 0.267 e. The molecule has 1 rings (SSSR count). The van der Waals surface area contributed by atoms with Crippen LogP contribution >= 0.6 is 0 Å². The highest BCUT2D eigenvalue weighted by atomic mass is 16.7. The van der Waals surface area contributed by atoms with Gasteiger partial charge in [-0.05, 0) is 12.1 Å². The highest BCUT2D eigenvalue weighted by Gasteiger charge is 2.13. The Morgan fingerprint density at radius 3 is 2.50 bits per heavy atom. The molecule has 8 heteroatoms. The average molecular weight is 335 g/mol. The van der Waals surface area contributed by atoms with Gasteiger partial charge in [0.1, 0.15) is 23.1 Å². The Bertz CT molecular complexity index is 621. The van der Waals surface area contributed by atoms with Crippen LogP contribution < -0.4 is 20.1 Å². The van der Waals surface area contributed by atoms with Crippen LogP contribution in [0.25, 0.3) is 0 Å². The quantitative estimate of drug-likeness (QED) is 0.398. The summed E-state index contributed by atoms with van der Waals surface area (Å²) in [7, 11) is 5.98. The molecule has 0 unspecified atom stereocenters. The van der Waals surface area contributed by atoms with Gasteiger partial charge in [-0.1, -0.05) is 0 Å². The third-order valence-electron chi connectivity index (χ3n) is 3.08. The van der Waals surface area contributed by atoms with Gasteiger partial charge in [0.15, 0.2) is 6.29 Å². The van der Waals surface area contributed by atoms with Crippen molar-refractivity contribution in [1.29, 1.82) is 5.26 Å². The van der Waals surface area contributed by atoms with E-state index in [4.69, 9.17) is 24.2 Å². The van der Waals surface area contributed by atoms with E-state index in [0.29, 0.717) is 17.2 Å². The van der Waals surface area contributed by atoms with E-state index in [2.05, 4.69) is 10.6 Å². The van der Waals surface area contributed by atoms with E-state index in [1.165, 1.54) is 34.6 Å². The standard InChI is InChI=1S/C16H21N3O5/c1-21-12-5-6-14(22-2)13(7-12)19-16(20)11(8-17)9-18-10-15(23-3)24-4/h5-7,9,15,18H,10H2,1-4H3,(H,19,20)/b11-9-. The summed E-state index contributed by atoms with van der Waals surface area (Å²) in [6, 6.07) is 6.79. The van der Waals surface area contributed by atoms with Crippen molar-refractivity contribution in [1.82, 2.24) is 5.32 Å². The van der Waals surface area contributed by atoms with Gasteiger partial charge in [0.2, 0.25) is 0 Å². The highest BCUT2D eigenvalue weighted by Crippen LogP contribution is 2.29. The lowest BCUT2D eigenvalue weighted by Gasteiger charge is -2.13. The molecule has 0 saturated heterocycles. The predicted octanol–water partition coefficient (Wildman–Crippen LogP) is 1.26. The average Bonchev–Trinajstić information content (AvgIpc) is 2.61. The number of carbonyl (C=O) groups is 1. The molecule has 0 fully saturated rings. The number of benzene rings is 1. The molecule has 1 aromatic rings. The summed E-state index contributed by atoms with van der Waals surface area (Å²) in [6.07, 6.45) is 0.815. The first kappa shape index (κ1) is 19.3. The Hall–Kier alpha value is -2.76. The number of carbonyl (C=O) groups excluding carboxylic acids is 1. The van der Waals surface area contributed by atoms with Crippen LogP contribution in [0.15, 0.2) is 30.0 Å². The van der Waals surface area contributed by atoms with Crippen LogP contribution in [0.3, 0.4) is 0 Å². The van der Waals surface area contributed by atoms with Crippen LogP contribution in [0, 0.1) is 11.3 Å². The molecule has 0 aliphatic carbocycles. The van der Waals surface area contributed by atoms with E-state index >= 15 is 0 Å². The van der Waals surface area contributed by atoms with Crippen LogP contribution in [-0.2, 0) is 14.3 Å². The number of methoxy groups -OCH3 is 4. The Morgan fingerprint density at radius 2 is 1.96 bits per heavy atom. The first-order valence-corrected chi connectivity index (χ1v) is 7.02. The first-order valence-electron chi connectivity index (χ1n) is 7.02. The lowest BCUT2D eigenvalue weighted by Crippen LogP contribution is -2.27. The number of nitriles is 1. The van der Waals surface area contributed by atoms with Crippen LogP contribution in [0.1, 0.15) is 0 Å². The summed E-state index contributed by atoms with van der Waals surface area (Å²) < 4.78 is 20.3. The maximum absolute atomic E-state index is 12.2. The molecule has 0 saturated carbocycles. The molecule has 0 bridgehead atoms. The maximum atomic E-state index is 12.2. The lowest BCUT2D eigenvalue weighted by molar-refractivity contribution is -0.112. The summed E-state index contributed by atoms with van der Waals surface area (Å²) in [4.78, 5) is 12.2. The number of anilines is 1. The molecule has 0 spiro atoms. The molecule has 1 aromatic carbocycles. The van der Waals surface area contributed by atoms with Crippen LogP contribution in [0.2, 0.25) is 0 Å². The van der Waals surface area contributed by atoms with Crippen molar-refractivity contribution in [3.05, 3.63) is 30.0 Å². The number of nitrogens with one attached hydrogen (secondary N) is 2. The van der Waals surface area contributed by atoms with Gasteiger partial charge in [0.05, 0.1) is 26.5 Å². The van der Waals surface area contributed by atoms with Crippen molar-refractivity contribution in [3.8, 4) is 17.6 Å². The number of ether oxygens (including phenoxy) is 4. The monoisotopic (exact) mass is 335 g/mol. The Balaban J connectivity index is 2.82. The third-order valence-corrected chi connectivity index (χ3v) is 3.08. The fraction of sp³-hybridized carbons (Fsp3) is 0.375. The number of rotatable bonds is 9. The molecule has 1 amide bonds. The van der Waals surface area contributed by atoms with Gasteiger partial charge in [-0.25, -0.2) is 0 Å². The van der Waals surface area contributed by atoms with E-state index in [1.54, 1.807) is 18.2 Å². The highest BCUT2D eigenvalue weighted by molar-refractivity contribution is 6.07. The number of hydrogen-bond donors (Lipinski definition) is 2. The zero-order chi connectivity index (χ0) is 17.9. The largest absolute Gasteiger partial charge is 0.497 e. The van der Waals surface area contributed by atoms with Gasteiger partial charge >= 0.3 is 0 Å². The minimum atomic E-state index is -0.581. The molecule has 0 radical (unpaired) electrons. The fourth-order valence-corrected chi connectivity index (χ4v) is 1.77. The summed E-state index contributed by atoms with van der Waals surface area (Å²) in [5.74, 6) is 0.422. The number of nitrogens with zero attached hydrogens (tertiary/aromatic N) is 1. The molecule has 0 heterocycles. The molecule has 0 aliphatic rings. The predicted molar refractivity (Wildman–Crippen MR) is 87.7 cm³/mol. The van der Waals surface area contributed by atoms with Crippen molar-refractivity contribution in [2.24, 2.45) is 0 Å². The molecule has 0 atom stereocenters. The topological polar surface area (TPSA) is 102 Å².